The zero-order valence-electron chi connectivity index (χ0n) is 12.2. The third-order valence-electron chi connectivity index (χ3n) is 3.31. The van der Waals surface area contributed by atoms with Crippen LogP contribution < -0.4 is 5.43 Å². The Morgan fingerprint density at radius 1 is 1.43 bits per heavy atom. The van der Waals surface area contributed by atoms with Gasteiger partial charge < -0.3 is 9.84 Å². The lowest BCUT2D eigenvalue weighted by Crippen LogP contribution is -2.48. The van der Waals surface area contributed by atoms with Gasteiger partial charge in [-0.3, -0.25) is 10.2 Å². The number of carbonyl (C=O) groups excluding carboxylic acids is 1. The van der Waals surface area contributed by atoms with Crippen LogP contribution in [0, 0.1) is 18.8 Å². The molecule has 5 nitrogen and oxygen atoms in total. The molecule has 2 rings (SSSR count). The molecule has 0 spiro atoms. The summed E-state index contributed by atoms with van der Waals surface area (Å²) in [4.78, 5) is 12.3. The topological polar surface area (TPSA) is 61.8 Å². The average Bonchev–Trinajstić information content (AvgIpc) is 2.50. The van der Waals surface area contributed by atoms with Gasteiger partial charge in [-0.05, 0) is 24.6 Å². The van der Waals surface area contributed by atoms with Gasteiger partial charge in [0.2, 0.25) is 0 Å². The average molecular weight is 288 g/mol. The number of aliphatic hydroxyl groups excluding tert-OH is 1. The van der Waals surface area contributed by atoms with Crippen LogP contribution in [-0.2, 0) is 4.74 Å². The van der Waals surface area contributed by atoms with Gasteiger partial charge in [0, 0.05) is 30.6 Å². The van der Waals surface area contributed by atoms with E-state index in [2.05, 4.69) is 17.3 Å². The van der Waals surface area contributed by atoms with E-state index >= 15 is 0 Å². The van der Waals surface area contributed by atoms with Gasteiger partial charge >= 0.3 is 0 Å². The number of nitrogens with zero attached hydrogens (tertiary/aromatic N) is 1. The third kappa shape index (κ3) is 4.30. The summed E-state index contributed by atoms with van der Waals surface area (Å²) in [5, 5.41) is 10.6. The zero-order valence-corrected chi connectivity index (χ0v) is 12.2. The van der Waals surface area contributed by atoms with Gasteiger partial charge in [-0.2, -0.15) is 0 Å². The van der Waals surface area contributed by atoms with Crippen LogP contribution in [-0.4, -0.2) is 48.9 Å². The van der Waals surface area contributed by atoms with E-state index in [9.17, 15) is 4.79 Å². The number of ether oxygens (including phenoxy) is 1. The van der Waals surface area contributed by atoms with Crippen molar-refractivity contribution >= 4 is 5.91 Å². The smallest absolute Gasteiger partial charge is 0.265 e. The summed E-state index contributed by atoms with van der Waals surface area (Å²) in [6.45, 7) is 4.58. The highest BCUT2D eigenvalue weighted by molar-refractivity contribution is 5.95. The molecule has 0 bridgehead atoms. The SMILES string of the molecule is Cc1c(C#CCCO)cccc1C(=O)NN1CCOCC1. The molecule has 21 heavy (non-hydrogen) atoms. The van der Waals surface area contributed by atoms with Crippen molar-refractivity contribution in [1.82, 2.24) is 10.4 Å². The van der Waals surface area contributed by atoms with E-state index in [1.165, 1.54) is 0 Å². The number of aliphatic hydroxyl groups is 1. The molecule has 0 aliphatic carbocycles. The van der Waals surface area contributed by atoms with Gasteiger partial charge in [0.15, 0.2) is 0 Å². The quantitative estimate of drug-likeness (QED) is 0.804. The molecule has 0 saturated carbocycles. The summed E-state index contributed by atoms with van der Waals surface area (Å²) in [6, 6.07) is 5.50. The molecule has 1 heterocycles. The number of amides is 1. The fraction of sp³-hybridized carbons (Fsp3) is 0.438. The minimum atomic E-state index is -0.125. The molecule has 112 valence electrons. The molecular formula is C16H20N2O3. The van der Waals surface area contributed by atoms with Crippen LogP contribution in [0.25, 0.3) is 0 Å². The van der Waals surface area contributed by atoms with E-state index in [1.54, 1.807) is 6.07 Å². The Hall–Kier alpha value is -1.87. The standard InChI is InChI=1S/C16H20N2O3/c1-13-14(5-2-3-10-19)6-4-7-15(13)16(20)17-18-8-11-21-12-9-18/h4,6-7,19H,3,8-12H2,1H3,(H,17,20). The summed E-state index contributed by atoms with van der Waals surface area (Å²) >= 11 is 0. The Labute approximate surface area is 124 Å². The van der Waals surface area contributed by atoms with Crippen molar-refractivity contribution in [3.63, 3.8) is 0 Å². The van der Waals surface area contributed by atoms with Gasteiger partial charge in [0.25, 0.3) is 5.91 Å². The van der Waals surface area contributed by atoms with Crippen molar-refractivity contribution < 1.29 is 14.6 Å². The summed E-state index contributed by atoms with van der Waals surface area (Å²) < 4.78 is 5.25. The fourth-order valence-corrected chi connectivity index (χ4v) is 2.11. The van der Waals surface area contributed by atoms with Gasteiger partial charge in [-0.25, -0.2) is 5.01 Å². The second-order valence-electron chi connectivity index (χ2n) is 4.79. The predicted molar refractivity (Wildman–Crippen MR) is 79.6 cm³/mol. The molecule has 1 fully saturated rings. The van der Waals surface area contributed by atoms with Gasteiger partial charge in [-0.15, -0.1) is 0 Å². The first-order valence-corrected chi connectivity index (χ1v) is 7.05. The summed E-state index contributed by atoms with van der Waals surface area (Å²) in [7, 11) is 0. The molecule has 2 N–H and O–H groups in total. The largest absolute Gasteiger partial charge is 0.395 e. The van der Waals surface area contributed by atoms with E-state index in [0.717, 1.165) is 11.1 Å². The molecule has 1 aromatic carbocycles. The highest BCUT2D eigenvalue weighted by Crippen LogP contribution is 2.13. The molecule has 1 amide bonds. The molecule has 0 atom stereocenters. The van der Waals surface area contributed by atoms with Crippen molar-refractivity contribution in [2.75, 3.05) is 32.9 Å². The van der Waals surface area contributed by atoms with Crippen molar-refractivity contribution in [1.29, 1.82) is 0 Å². The molecule has 1 saturated heterocycles. The minimum absolute atomic E-state index is 0.0449. The maximum absolute atomic E-state index is 12.3. The van der Waals surface area contributed by atoms with Crippen LogP contribution in [0.1, 0.15) is 27.9 Å². The molecule has 5 heteroatoms. The summed E-state index contributed by atoms with van der Waals surface area (Å²) in [5.41, 5.74) is 5.19. The number of nitrogens with one attached hydrogen (secondary N) is 1. The van der Waals surface area contributed by atoms with Gasteiger partial charge in [0.05, 0.1) is 19.8 Å². The predicted octanol–water partition coefficient (Wildman–Crippen LogP) is 0.706. The first kappa shape index (κ1) is 15.5. The molecule has 0 aromatic heterocycles. The monoisotopic (exact) mass is 288 g/mol. The molecule has 0 radical (unpaired) electrons. The van der Waals surface area contributed by atoms with Crippen LogP contribution in [0.4, 0.5) is 0 Å². The molecule has 1 aromatic rings. The van der Waals surface area contributed by atoms with E-state index in [0.29, 0.717) is 38.3 Å². The Morgan fingerprint density at radius 3 is 2.90 bits per heavy atom. The Bertz CT molecular complexity index is 554. The second kappa shape index (κ2) is 7.79. The number of rotatable bonds is 3. The maximum Gasteiger partial charge on any atom is 0.265 e. The van der Waals surface area contributed by atoms with E-state index in [1.807, 2.05) is 24.1 Å². The lowest BCUT2D eigenvalue weighted by molar-refractivity contribution is 0.0126. The lowest BCUT2D eigenvalue weighted by atomic mass is 10.0. The van der Waals surface area contributed by atoms with E-state index < -0.39 is 0 Å². The molecule has 0 unspecified atom stereocenters. The van der Waals surface area contributed by atoms with Crippen LogP contribution in [0.3, 0.4) is 0 Å². The molecule has 1 aliphatic heterocycles. The van der Waals surface area contributed by atoms with Crippen molar-refractivity contribution in [2.45, 2.75) is 13.3 Å². The Morgan fingerprint density at radius 2 is 2.19 bits per heavy atom. The number of hydrazine groups is 1. The number of hydrogen-bond acceptors (Lipinski definition) is 4. The number of benzene rings is 1. The summed E-state index contributed by atoms with van der Waals surface area (Å²) in [5.74, 6) is 5.75. The third-order valence-corrected chi connectivity index (χ3v) is 3.31. The molecular weight excluding hydrogens is 268 g/mol. The van der Waals surface area contributed by atoms with E-state index in [4.69, 9.17) is 9.84 Å². The number of hydrogen-bond donors (Lipinski definition) is 2. The number of carbonyl (C=O) groups is 1. The summed E-state index contributed by atoms with van der Waals surface area (Å²) in [6.07, 6.45) is 0.434. The van der Waals surface area contributed by atoms with Gasteiger partial charge in [0.1, 0.15) is 0 Å². The maximum atomic E-state index is 12.3. The fourth-order valence-electron chi connectivity index (χ4n) is 2.11. The first-order chi connectivity index (χ1) is 10.2. The Balaban J connectivity index is 2.10. The normalized spacial score (nSPS) is 15.1. The lowest BCUT2D eigenvalue weighted by Gasteiger charge is -2.27. The van der Waals surface area contributed by atoms with Crippen molar-refractivity contribution in [3.05, 3.63) is 34.9 Å². The van der Waals surface area contributed by atoms with Crippen LogP contribution in [0.2, 0.25) is 0 Å². The zero-order chi connectivity index (χ0) is 15.1. The van der Waals surface area contributed by atoms with E-state index in [-0.39, 0.29) is 12.5 Å². The van der Waals surface area contributed by atoms with Crippen LogP contribution in [0.5, 0.6) is 0 Å². The Kier molecular flexibility index (Phi) is 5.76. The van der Waals surface area contributed by atoms with Crippen molar-refractivity contribution in [2.24, 2.45) is 0 Å². The minimum Gasteiger partial charge on any atom is -0.395 e. The van der Waals surface area contributed by atoms with Crippen LogP contribution in [0.15, 0.2) is 18.2 Å². The van der Waals surface area contributed by atoms with Crippen molar-refractivity contribution in [3.8, 4) is 11.8 Å². The highest BCUT2D eigenvalue weighted by atomic mass is 16.5. The molecule has 1 aliphatic rings. The van der Waals surface area contributed by atoms with Gasteiger partial charge in [-0.1, -0.05) is 17.9 Å². The number of morpholine rings is 1. The highest BCUT2D eigenvalue weighted by Gasteiger charge is 2.16. The second-order valence-corrected chi connectivity index (χ2v) is 4.79. The first-order valence-electron chi connectivity index (χ1n) is 7.05. The van der Waals surface area contributed by atoms with Crippen LogP contribution >= 0.6 is 0 Å².